The number of urea groups is 1. The Morgan fingerprint density at radius 3 is 2.71 bits per heavy atom. The third-order valence-electron chi connectivity index (χ3n) is 3.71. The summed E-state index contributed by atoms with van der Waals surface area (Å²) in [5.41, 5.74) is 0.823. The Hall–Kier alpha value is -2.83. The standard InChI is InChI=1S/C17H21N3O4/c1-3-10-18-15(21)9-8-14-16(22)20(17(23)19-14)11-12-4-6-13(24-2)7-5-12/h3-7,14H,1,8-11H2,2H3,(H,18,21)(H,19,23). The summed E-state index contributed by atoms with van der Waals surface area (Å²) in [6.45, 7) is 4.08. The van der Waals surface area contributed by atoms with Gasteiger partial charge in [-0.05, 0) is 24.1 Å². The highest BCUT2D eigenvalue weighted by atomic mass is 16.5. The molecule has 4 amide bonds. The number of hydrogen-bond acceptors (Lipinski definition) is 4. The van der Waals surface area contributed by atoms with E-state index >= 15 is 0 Å². The molecule has 1 fully saturated rings. The van der Waals surface area contributed by atoms with Crippen LogP contribution >= 0.6 is 0 Å². The number of rotatable bonds is 8. The van der Waals surface area contributed by atoms with Gasteiger partial charge in [0, 0.05) is 13.0 Å². The number of benzene rings is 1. The number of carbonyl (C=O) groups excluding carboxylic acids is 3. The minimum absolute atomic E-state index is 0.168. The number of hydrogen-bond donors (Lipinski definition) is 2. The van der Waals surface area contributed by atoms with Crippen LogP contribution in [0.3, 0.4) is 0 Å². The van der Waals surface area contributed by atoms with Gasteiger partial charge in [0.25, 0.3) is 5.91 Å². The van der Waals surface area contributed by atoms with Crippen LogP contribution in [0.4, 0.5) is 4.79 Å². The highest BCUT2D eigenvalue weighted by Gasteiger charge is 2.37. The van der Waals surface area contributed by atoms with Crippen LogP contribution in [0.2, 0.25) is 0 Å². The van der Waals surface area contributed by atoms with Crippen molar-refractivity contribution in [3.05, 3.63) is 42.5 Å². The smallest absolute Gasteiger partial charge is 0.325 e. The van der Waals surface area contributed by atoms with Gasteiger partial charge in [-0.3, -0.25) is 14.5 Å². The lowest BCUT2D eigenvalue weighted by Crippen LogP contribution is -2.32. The lowest BCUT2D eigenvalue weighted by atomic mass is 10.1. The summed E-state index contributed by atoms with van der Waals surface area (Å²) in [6, 6.07) is 6.05. The fraction of sp³-hybridized carbons (Fsp3) is 0.353. The molecule has 1 saturated heterocycles. The van der Waals surface area contributed by atoms with Gasteiger partial charge in [-0.25, -0.2) is 4.79 Å². The van der Waals surface area contributed by atoms with Crippen molar-refractivity contribution < 1.29 is 19.1 Å². The van der Waals surface area contributed by atoms with Crippen LogP contribution in [0.1, 0.15) is 18.4 Å². The zero-order valence-electron chi connectivity index (χ0n) is 13.6. The van der Waals surface area contributed by atoms with Gasteiger partial charge in [0.15, 0.2) is 0 Å². The zero-order valence-corrected chi connectivity index (χ0v) is 13.6. The second kappa shape index (κ2) is 8.14. The summed E-state index contributed by atoms with van der Waals surface area (Å²) in [5.74, 6) is 0.220. The number of imide groups is 1. The van der Waals surface area contributed by atoms with E-state index in [1.54, 1.807) is 37.5 Å². The summed E-state index contributed by atoms with van der Waals surface area (Å²) in [4.78, 5) is 37.1. The van der Waals surface area contributed by atoms with E-state index in [2.05, 4.69) is 17.2 Å². The second-order valence-electron chi connectivity index (χ2n) is 5.41. The molecular formula is C17H21N3O4. The van der Waals surface area contributed by atoms with Crippen molar-refractivity contribution in [1.29, 1.82) is 0 Å². The highest BCUT2D eigenvalue weighted by Crippen LogP contribution is 2.17. The van der Waals surface area contributed by atoms with E-state index in [0.29, 0.717) is 12.3 Å². The first-order valence-electron chi connectivity index (χ1n) is 7.67. The maximum atomic E-state index is 12.3. The Bertz CT molecular complexity index is 627. The highest BCUT2D eigenvalue weighted by molar-refractivity contribution is 6.04. The summed E-state index contributed by atoms with van der Waals surface area (Å²) >= 11 is 0. The van der Waals surface area contributed by atoms with Gasteiger partial charge in [0.2, 0.25) is 5.91 Å². The van der Waals surface area contributed by atoms with Crippen LogP contribution in [-0.4, -0.2) is 42.4 Å². The van der Waals surface area contributed by atoms with Crippen LogP contribution in [0, 0.1) is 0 Å². The normalized spacial score (nSPS) is 16.7. The molecule has 0 bridgehead atoms. The van der Waals surface area contributed by atoms with Gasteiger partial charge >= 0.3 is 6.03 Å². The van der Waals surface area contributed by atoms with E-state index < -0.39 is 12.1 Å². The molecule has 0 aliphatic carbocycles. The van der Waals surface area contributed by atoms with E-state index in [9.17, 15) is 14.4 Å². The van der Waals surface area contributed by atoms with Gasteiger partial charge in [-0.2, -0.15) is 0 Å². The largest absolute Gasteiger partial charge is 0.497 e. The van der Waals surface area contributed by atoms with Crippen LogP contribution in [0.5, 0.6) is 5.75 Å². The van der Waals surface area contributed by atoms with Crippen molar-refractivity contribution >= 4 is 17.8 Å². The van der Waals surface area contributed by atoms with E-state index in [1.807, 2.05) is 0 Å². The molecule has 7 heteroatoms. The molecule has 1 aliphatic rings. The lowest BCUT2D eigenvalue weighted by molar-refractivity contribution is -0.128. The average Bonchev–Trinajstić information content (AvgIpc) is 2.86. The van der Waals surface area contributed by atoms with Crippen LogP contribution in [0.15, 0.2) is 36.9 Å². The van der Waals surface area contributed by atoms with E-state index in [0.717, 1.165) is 10.5 Å². The molecule has 2 N–H and O–H groups in total. The predicted molar refractivity (Wildman–Crippen MR) is 88.3 cm³/mol. The molecule has 7 nitrogen and oxygen atoms in total. The van der Waals surface area contributed by atoms with Crippen LogP contribution < -0.4 is 15.4 Å². The van der Waals surface area contributed by atoms with Crippen molar-refractivity contribution in [2.45, 2.75) is 25.4 Å². The third-order valence-corrected chi connectivity index (χ3v) is 3.71. The molecule has 1 aliphatic heterocycles. The molecular weight excluding hydrogens is 310 g/mol. The van der Waals surface area contributed by atoms with Crippen molar-refractivity contribution in [2.24, 2.45) is 0 Å². The molecule has 24 heavy (non-hydrogen) atoms. The van der Waals surface area contributed by atoms with Gasteiger partial charge in [0.1, 0.15) is 11.8 Å². The molecule has 1 heterocycles. The van der Waals surface area contributed by atoms with E-state index in [1.165, 1.54) is 0 Å². The molecule has 1 aromatic rings. The molecule has 128 valence electrons. The number of nitrogens with one attached hydrogen (secondary N) is 2. The Kier molecular flexibility index (Phi) is 5.95. The van der Waals surface area contributed by atoms with Crippen molar-refractivity contribution in [3.63, 3.8) is 0 Å². The number of nitrogens with zero attached hydrogens (tertiary/aromatic N) is 1. The first kappa shape index (κ1) is 17.5. The van der Waals surface area contributed by atoms with Crippen molar-refractivity contribution in [3.8, 4) is 5.75 Å². The van der Waals surface area contributed by atoms with Gasteiger partial charge < -0.3 is 15.4 Å². The summed E-state index contributed by atoms with van der Waals surface area (Å²) in [5, 5.41) is 5.26. The molecule has 1 unspecified atom stereocenters. The molecule has 0 aromatic heterocycles. The lowest BCUT2D eigenvalue weighted by Gasteiger charge is -2.13. The molecule has 1 atom stereocenters. The van der Waals surface area contributed by atoms with Crippen LogP contribution in [0.25, 0.3) is 0 Å². The molecule has 2 rings (SSSR count). The minimum atomic E-state index is -0.662. The number of carbonyl (C=O) groups is 3. The maximum Gasteiger partial charge on any atom is 0.325 e. The zero-order chi connectivity index (χ0) is 17.5. The predicted octanol–water partition coefficient (Wildman–Crippen LogP) is 1.20. The summed E-state index contributed by atoms with van der Waals surface area (Å²) in [6.07, 6.45) is 2.02. The molecule has 1 aromatic carbocycles. The Morgan fingerprint density at radius 2 is 2.08 bits per heavy atom. The minimum Gasteiger partial charge on any atom is -0.497 e. The Labute approximate surface area is 140 Å². The summed E-state index contributed by atoms with van der Waals surface area (Å²) in [7, 11) is 1.57. The number of amides is 4. The van der Waals surface area contributed by atoms with E-state index in [4.69, 9.17) is 4.74 Å². The van der Waals surface area contributed by atoms with Gasteiger partial charge in [-0.1, -0.05) is 18.2 Å². The summed E-state index contributed by atoms with van der Waals surface area (Å²) < 4.78 is 5.08. The average molecular weight is 331 g/mol. The second-order valence-corrected chi connectivity index (χ2v) is 5.41. The first-order valence-corrected chi connectivity index (χ1v) is 7.67. The fourth-order valence-electron chi connectivity index (χ4n) is 2.39. The van der Waals surface area contributed by atoms with Crippen LogP contribution in [-0.2, 0) is 16.1 Å². The van der Waals surface area contributed by atoms with Gasteiger partial charge in [0.05, 0.1) is 13.7 Å². The molecule has 0 saturated carbocycles. The maximum absolute atomic E-state index is 12.3. The van der Waals surface area contributed by atoms with Crippen molar-refractivity contribution in [2.75, 3.05) is 13.7 Å². The number of methoxy groups -OCH3 is 1. The third kappa shape index (κ3) is 4.34. The Balaban J connectivity index is 1.90. The number of ether oxygens (including phenoxy) is 1. The van der Waals surface area contributed by atoms with Crippen molar-refractivity contribution in [1.82, 2.24) is 15.5 Å². The van der Waals surface area contributed by atoms with Gasteiger partial charge in [-0.15, -0.1) is 6.58 Å². The topological polar surface area (TPSA) is 87.7 Å². The fourth-order valence-corrected chi connectivity index (χ4v) is 2.39. The first-order chi connectivity index (χ1) is 11.5. The van der Waals surface area contributed by atoms with E-state index in [-0.39, 0.29) is 31.2 Å². The SMILES string of the molecule is C=CCNC(=O)CCC1NC(=O)N(Cc2ccc(OC)cc2)C1=O. The quantitative estimate of drug-likeness (QED) is 0.553. The molecule has 0 spiro atoms. The monoisotopic (exact) mass is 331 g/mol. The molecule has 0 radical (unpaired) electrons. The Morgan fingerprint density at radius 1 is 1.38 bits per heavy atom.